The van der Waals surface area contributed by atoms with Gasteiger partial charge >= 0.3 is 75.5 Å². The number of carboxylic acid groups (broad SMARTS) is 1. The second-order valence-corrected chi connectivity index (χ2v) is 5.45. The Hall–Kier alpha value is -0.412. The van der Waals surface area contributed by atoms with Crippen LogP contribution < -0.4 is 0 Å². The zero-order chi connectivity index (χ0) is 8.91. The van der Waals surface area contributed by atoms with Crippen LogP contribution in [0, 0.1) is 12.3 Å². The number of rotatable bonds is 4. The van der Waals surface area contributed by atoms with Crippen molar-refractivity contribution in [2.24, 2.45) is 0 Å². The molecule has 2 nitrogen and oxygen atoms in total. The van der Waals surface area contributed by atoms with E-state index in [2.05, 4.69) is 5.92 Å². The fourth-order valence-corrected chi connectivity index (χ4v) is 1.09. The molecule has 2 unspecified atom stereocenters. The quantitative estimate of drug-likeness (QED) is 0.426. The molecule has 0 aliphatic carbocycles. The summed E-state index contributed by atoms with van der Waals surface area (Å²) in [6, 6.07) is 0. The molecule has 0 aromatic rings. The Morgan fingerprint density at radius 2 is 2.36 bits per heavy atom. The van der Waals surface area contributed by atoms with Crippen molar-refractivity contribution in [3.63, 3.8) is 0 Å². The van der Waals surface area contributed by atoms with E-state index in [0.29, 0.717) is 12.8 Å². The van der Waals surface area contributed by atoms with Crippen LogP contribution in [0.1, 0.15) is 26.2 Å². The first-order chi connectivity index (χ1) is 5.00. The van der Waals surface area contributed by atoms with Crippen LogP contribution in [0.5, 0.6) is 0 Å². The first kappa shape index (κ1) is 10.6. The van der Waals surface area contributed by atoms with E-state index in [1.54, 1.807) is 6.92 Å². The number of unbranched alkanes of at least 4 members (excludes halogenated alkanes) is 1. The van der Waals surface area contributed by atoms with E-state index in [0.717, 1.165) is 6.42 Å². The third kappa shape index (κ3) is 4.11. The number of aliphatic carboxylic acids is 1. The standard InChI is InChI=1S/C8H13AsO2/c1-3-4-5-6-8(2,9)7(10)11/h1H,4-6,9H2,2H3,(H,10,11). The normalized spacial score (nSPS) is 15.0. The van der Waals surface area contributed by atoms with Crippen LogP contribution in [-0.2, 0) is 4.79 Å². The van der Waals surface area contributed by atoms with E-state index < -0.39 is 10.2 Å². The molecule has 0 fully saturated rings. The van der Waals surface area contributed by atoms with Crippen molar-refractivity contribution in [3.8, 4) is 12.3 Å². The third-order valence-corrected chi connectivity index (χ3v) is 2.63. The van der Waals surface area contributed by atoms with Gasteiger partial charge in [-0.15, -0.1) is 0 Å². The number of hydrogen-bond donors (Lipinski definition) is 1. The second-order valence-electron chi connectivity index (χ2n) is 2.78. The van der Waals surface area contributed by atoms with Crippen molar-refractivity contribution < 1.29 is 9.90 Å². The minimum atomic E-state index is -0.727. The van der Waals surface area contributed by atoms with Gasteiger partial charge in [-0.1, -0.05) is 0 Å². The number of hydrogen-bond acceptors (Lipinski definition) is 1. The zero-order valence-electron chi connectivity index (χ0n) is 6.63. The number of carbonyl (C=O) groups is 1. The van der Waals surface area contributed by atoms with Crippen molar-refractivity contribution in [1.82, 2.24) is 0 Å². The molecule has 3 heteroatoms. The SMILES string of the molecule is C#CCCCC(C)([AsH2])C(=O)O. The van der Waals surface area contributed by atoms with Crippen molar-refractivity contribution >= 4 is 22.8 Å². The van der Waals surface area contributed by atoms with Gasteiger partial charge < -0.3 is 0 Å². The third-order valence-electron chi connectivity index (χ3n) is 1.51. The van der Waals surface area contributed by atoms with Crippen molar-refractivity contribution in [3.05, 3.63) is 0 Å². The molecule has 0 saturated carbocycles. The molecular weight excluding hydrogens is 203 g/mol. The zero-order valence-corrected chi connectivity index (χ0v) is 9.05. The van der Waals surface area contributed by atoms with Gasteiger partial charge in [-0.25, -0.2) is 0 Å². The van der Waals surface area contributed by atoms with Crippen LogP contribution >= 0.6 is 0 Å². The Kier molecular flexibility index (Phi) is 4.30. The van der Waals surface area contributed by atoms with Gasteiger partial charge in [0.25, 0.3) is 0 Å². The van der Waals surface area contributed by atoms with Crippen LogP contribution in [0.3, 0.4) is 0 Å². The molecule has 62 valence electrons. The Morgan fingerprint density at radius 1 is 1.82 bits per heavy atom. The molecule has 0 amide bonds. The summed E-state index contributed by atoms with van der Waals surface area (Å²) < 4.78 is -0.566. The van der Waals surface area contributed by atoms with E-state index in [9.17, 15) is 4.79 Å². The summed E-state index contributed by atoms with van der Waals surface area (Å²) >= 11 is 1.25. The van der Waals surface area contributed by atoms with Crippen LogP contribution in [0.15, 0.2) is 0 Å². The van der Waals surface area contributed by atoms with Gasteiger partial charge in [0.2, 0.25) is 0 Å². The second kappa shape index (κ2) is 4.46. The molecule has 0 heterocycles. The molecule has 0 bridgehead atoms. The predicted octanol–water partition coefficient (Wildman–Crippen LogP) is 0.686. The molecule has 0 rings (SSSR count). The minimum absolute atomic E-state index is 0.566. The van der Waals surface area contributed by atoms with E-state index in [4.69, 9.17) is 11.5 Å². The van der Waals surface area contributed by atoms with Gasteiger partial charge in [-0.05, 0) is 0 Å². The Balaban J connectivity index is 3.75. The van der Waals surface area contributed by atoms with E-state index in [-0.39, 0.29) is 0 Å². The van der Waals surface area contributed by atoms with Gasteiger partial charge in [0, 0.05) is 0 Å². The van der Waals surface area contributed by atoms with Crippen LogP contribution in [-0.4, -0.2) is 27.9 Å². The molecule has 2 atom stereocenters. The van der Waals surface area contributed by atoms with Crippen LogP contribution in [0.25, 0.3) is 0 Å². The van der Waals surface area contributed by atoms with Crippen LogP contribution in [0.2, 0.25) is 4.20 Å². The molecule has 11 heavy (non-hydrogen) atoms. The van der Waals surface area contributed by atoms with Crippen molar-refractivity contribution in [2.45, 2.75) is 30.4 Å². The van der Waals surface area contributed by atoms with Crippen LogP contribution in [0.4, 0.5) is 0 Å². The topological polar surface area (TPSA) is 37.3 Å². The number of carboxylic acids is 1. The maximum absolute atomic E-state index is 10.6. The molecule has 0 spiro atoms. The first-order valence-electron chi connectivity index (χ1n) is 3.46. The summed E-state index contributed by atoms with van der Waals surface area (Å²) in [5, 5.41) is 8.70. The Labute approximate surface area is 75.9 Å². The fourth-order valence-electron chi connectivity index (χ4n) is 0.665. The molecular formula is C8H13AsO2. The van der Waals surface area contributed by atoms with Crippen molar-refractivity contribution in [2.75, 3.05) is 0 Å². The maximum atomic E-state index is 10.6. The molecule has 0 aliphatic heterocycles. The summed E-state index contributed by atoms with van der Waals surface area (Å²) in [4.78, 5) is 10.6. The van der Waals surface area contributed by atoms with E-state index in [1.165, 1.54) is 16.9 Å². The molecule has 0 radical (unpaired) electrons. The fraction of sp³-hybridized carbons (Fsp3) is 0.625. The molecule has 0 aromatic carbocycles. The molecule has 0 saturated heterocycles. The van der Waals surface area contributed by atoms with Gasteiger partial charge in [0.05, 0.1) is 0 Å². The predicted molar refractivity (Wildman–Crippen MR) is 47.2 cm³/mol. The monoisotopic (exact) mass is 216 g/mol. The number of terminal acetylenes is 1. The summed E-state index contributed by atoms with van der Waals surface area (Å²) in [5.74, 6) is 1.77. The first-order valence-corrected chi connectivity index (χ1v) is 4.67. The summed E-state index contributed by atoms with van der Waals surface area (Å²) in [6.45, 7) is 1.74. The summed E-state index contributed by atoms with van der Waals surface area (Å²) in [5.41, 5.74) is 0. The molecule has 0 aromatic heterocycles. The Morgan fingerprint density at radius 3 is 2.73 bits per heavy atom. The molecule has 0 aliphatic rings. The van der Waals surface area contributed by atoms with E-state index >= 15 is 0 Å². The molecule has 1 N–H and O–H groups in total. The van der Waals surface area contributed by atoms with Gasteiger partial charge in [-0.2, -0.15) is 0 Å². The van der Waals surface area contributed by atoms with Crippen molar-refractivity contribution in [1.29, 1.82) is 0 Å². The summed E-state index contributed by atoms with van der Waals surface area (Å²) in [7, 11) is 0. The summed E-state index contributed by atoms with van der Waals surface area (Å²) in [6.07, 6.45) is 7.19. The average Bonchev–Trinajstić information content (AvgIpc) is 1.88. The average molecular weight is 216 g/mol. The van der Waals surface area contributed by atoms with Gasteiger partial charge in [0.15, 0.2) is 0 Å². The van der Waals surface area contributed by atoms with Gasteiger partial charge in [-0.3, -0.25) is 0 Å². The Bertz CT molecular complexity index is 179. The van der Waals surface area contributed by atoms with Gasteiger partial charge in [0.1, 0.15) is 0 Å². The van der Waals surface area contributed by atoms with E-state index in [1.807, 2.05) is 0 Å².